The Morgan fingerprint density at radius 1 is 1.10 bits per heavy atom. The molecule has 1 aromatic heterocycles. The Hall–Kier alpha value is -1.74. The van der Waals surface area contributed by atoms with Crippen LogP contribution in [0.25, 0.3) is 0 Å². The van der Waals surface area contributed by atoms with Crippen molar-refractivity contribution in [2.45, 2.75) is 37.8 Å². The van der Waals surface area contributed by atoms with Crippen molar-refractivity contribution in [2.24, 2.45) is 0 Å². The Morgan fingerprint density at radius 3 is 2.40 bits per heavy atom. The maximum atomic E-state index is 12.9. The van der Waals surface area contributed by atoms with E-state index >= 15 is 0 Å². The molecule has 1 fully saturated rings. The molecule has 1 aliphatic rings. The van der Waals surface area contributed by atoms with Crippen LogP contribution < -0.4 is 5.32 Å². The molecule has 1 atom stereocenters. The van der Waals surface area contributed by atoms with Crippen LogP contribution in [0.15, 0.2) is 48.8 Å². The second-order valence-electron chi connectivity index (χ2n) is 5.59. The van der Waals surface area contributed by atoms with E-state index in [0.717, 1.165) is 12.8 Å². The molecule has 104 valence electrons. The minimum Gasteiger partial charge on any atom is -0.307 e. The molecular weight excluding hydrogens is 251 g/mol. The Kier molecular flexibility index (Phi) is 3.79. The van der Waals surface area contributed by atoms with E-state index < -0.39 is 0 Å². The number of rotatable bonds is 4. The number of aromatic nitrogens is 1. The van der Waals surface area contributed by atoms with Gasteiger partial charge in [0.25, 0.3) is 0 Å². The summed E-state index contributed by atoms with van der Waals surface area (Å²) in [7, 11) is 0. The second-order valence-corrected chi connectivity index (χ2v) is 5.59. The standard InChI is InChI=1S/C17H19FN2/c1-12(13-6-8-19-9-7-13)20-17-10-15(11-17)14-2-4-16(18)5-3-14/h2-9,12,15,17,20H,10-11H2,1H3/t12-,15?,17?/m1/s1. The highest BCUT2D eigenvalue weighted by Gasteiger charge is 2.31. The van der Waals surface area contributed by atoms with E-state index in [0.29, 0.717) is 18.0 Å². The van der Waals surface area contributed by atoms with E-state index in [4.69, 9.17) is 0 Å². The van der Waals surface area contributed by atoms with Gasteiger partial charge in [-0.05, 0) is 61.1 Å². The Balaban J connectivity index is 1.52. The summed E-state index contributed by atoms with van der Waals surface area (Å²) in [6.45, 7) is 2.18. The third-order valence-electron chi connectivity index (χ3n) is 4.17. The minimum atomic E-state index is -0.158. The number of hydrogen-bond acceptors (Lipinski definition) is 2. The molecule has 0 aliphatic heterocycles. The van der Waals surface area contributed by atoms with Crippen molar-refractivity contribution in [3.8, 4) is 0 Å². The molecule has 0 amide bonds. The zero-order valence-electron chi connectivity index (χ0n) is 11.6. The van der Waals surface area contributed by atoms with E-state index in [1.54, 1.807) is 12.1 Å². The van der Waals surface area contributed by atoms with E-state index in [1.165, 1.54) is 11.1 Å². The van der Waals surface area contributed by atoms with Gasteiger partial charge in [-0.2, -0.15) is 0 Å². The van der Waals surface area contributed by atoms with Crippen molar-refractivity contribution >= 4 is 0 Å². The SMILES string of the molecule is C[C@@H](NC1CC(c2ccc(F)cc2)C1)c1ccncc1. The average molecular weight is 270 g/mol. The Bertz CT molecular complexity index is 547. The summed E-state index contributed by atoms with van der Waals surface area (Å²) in [5.41, 5.74) is 2.52. The van der Waals surface area contributed by atoms with Crippen LogP contribution in [-0.4, -0.2) is 11.0 Å². The van der Waals surface area contributed by atoms with Gasteiger partial charge in [-0.1, -0.05) is 12.1 Å². The van der Waals surface area contributed by atoms with Gasteiger partial charge < -0.3 is 5.32 Å². The van der Waals surface area contributed by atoms with Crippen LogP contribution in [0.4, 0.5) is 4.39 Å². The highest BCUT2D eigenvalue weighted by Crippen LogP contribution is 2.37. The summed E-state index contributed by atoms with van der Waals surface area (Å²) in [4.78, 5) is 4.04. The molecular formula is C17H19FN2. The van der Waals surface area contributed by atoms with Gasteiger partial charge in [0, 0.05) is 24.5 Å². The lowest BCUT2D eigenvalue weighted by Gasteiger charge is -2.38. The van der Waals surface area contributed by atoms with Gasteiger partial charge in [-0.3, -0.25) is 4.98 Å². The third-order valence-corrected chi connectivity index (χ3v) is 4.17. The van der Waals surface area contributed by atoms with E-state index in [-0.39, 0.29) is 5.82 Å². The van der Waals surface area contributed by atoms with Gasteiger partial charge in [0.05, 0.1) is 0 Å². The predicted octanol–water partition coefficient (Wildman–Crippen LogP) is 3.82. The minimum absolute atomic E-state index is 0.158. The number of hydrogen-bond donors (Lipinski definition) is 1. The maximum Gasteiger partial charge on any atom is 0.123 e. The smallest absolute Gasteiger partial charge is 0.123 e. The van der Waals surface area contributed by atoms with Crippen molar-refractivity contribution < 1.29 is 4.39 Å². The lowest BCUT2D eigenvalue weighted by molar-refractivity contribution is 0.271. The number of benzene rings is 1. The second kappa shape index (κ2) is 5.71. The van der Waals surface area contributed by atoms with Crippen LogP contribution in [0.1, 0.15) is 42.9 Å². The normalized spacial score (nSPS) is 23.1. The first kappa shape index (κ1) is 13.3. The predicted molar refractivity (Wildman–Crippen MR) is 78.0 cm³/mol. The van der Waals surface area contributed by atoms with Crippen LogP contribution in [0, 0.1) is 5.82 Å². The topological polar surface area (TPSA) is 24.9 Å². The molecule has 0 bridgehead atoms. The highest BCUT2D eigenvalue weighted by molar-refractivity contribution is 5.24. The lowest BCUT2D eigenvalue weighted by Crippen LogP contribution is -2.41. The molecule has 0 radical (unpaired) electrons. The zero-order valence-corrected chi connectivity index (χ0v) is 11.6. The molecule has 20 heavy (non-hydrogen) atoms. The van der Waals surface area contributed by atoms with E-state index in [2.05, 4.69) is 17.2 Å². The highest BCUT2D eigenvalue weighted by atomic mass is 19.1. The lowest BCUT2D eigenvalue weighted by atomic mass is 9.75. The Morgan fingerprint density at radius 2 is 1.75 bits per heavy atom. The summed E-state index contributed by atoms with van der Waals surface area (Å²) in [6.07, 6.45) is 5.91. The summed E-state index contributed by atoms with van der Waals surface area (Å²) >= 11 is 0. The first-order chi connectivity index (χ1) is 9.72. The molecule has 0 spiro atoms. The van der Waals surface area contributed by atoms with E-state index in [9.17, 15) is 4.39 Å². The van der Waals surface area contributed by atoms with Gasteiger partial charge in [-0.25, -0.2) is 4.39 Å². The van der Waals surface area contributed by atoms with Gasteiger partial charge in [0.1, 0.15) is 5.82 Å². The molecule has 2 aromatic rings. The summed E-state index contributed by atoms with van der Waals surface area (Å²) in [5.74, 6) is 0.409. The molecule has 3 heteroatoms. The first-order valence-corrected chi connectivity index (χ1v) is 7.14. The fourth-order valence-electron chi connectivity index (χ4n) is 2.86. The maximum absolute atomic E-state index is 12.9. The quantitative estimate of drug-likeness (QED) is 0.913. The number of nitrogens with zero attached hydrogens (tertiary/aromatic N) is 1. The van der Waals surface area contributed by atoms with Crippen LogP contribution in [0.5, 0.6) is 0 Å². The molecule has 0 saturated heterocycles. The zero-order chi connectivity index (χ0) is 13.9. The van der Waals surface area contributed by atoms with Crippen molar-refractivity contribution in [2.75, 3.05) is 0 Å². The van der Waals surface area contributed by atoms with Gasteiger partial charge >= 0.3 is 0 Å². The van der Waals surface area contributed by atoms with Crippen molar-refractivity contribution in [3.63, 3.8) is 0 Å². The Labute approximate surface area is 119 Å². The average Bonchev–Trinajstić information content (AvgIpc) is 2.44. The van der Waals surface area contributed by atoms with Crippen molar-refractivity contribution in [1.29, 1.82) is 0 Å². The van der Waals surface area contributed by atoms with E-state index in [1.807, 2.05) is 36.7 Å². The van der Waals surface area contributed by atoms with Crippen molar-refractivity contribution in [1.82, 2.24) is 10.3 Å². The summed E-state index contributed by atoms with van der Waals surface area (Å²) in [5, 5.41) is 3.64. The summed E-state index contributed by atoms with van der Waals surface area (Å²) in [6, 6.07) is 11.9. The van der Waals surface area contributed by atoms with Crippen LogP contribution in [-0.2, 0) is 0 Å². The molecule has 1 N–H and O–H groups in total. The molecule has 0 unspecified atom stereocenters. The molecule has 1 heterocycles. The van der Waals surface area contributed by atoms with Gasteiger partial charge in [-0.15, -0.1) is 0 Å². The van der Waals surface area contributed by atoms with Gasteiger partial charge in [0.2, 0.25) is 0 Å². The largest absolute Gasteiger partial charge is 0.307 e. The fraction of sp³-hybridized carbons (Fsp3) is 0.353. The number of pyridine rings is 1. The number of nitrogens with one attached hydrogen (secondary N) is 1. The first-order valence-electron chi connectivity index (χ1n) is 7.14. The monoisotopic (exact) mass is 270 g/mol. The van der Waals surface area contributed by atoms with Crippen LogP contribution in [0.2, 0.25) is 0 Å². The molecule has 1 aliphatic carbocycles. The number of halogens is 1. The fourth-order valence-corrected chi connectivity index (χ4v) is 2.86. The van der Waals surface area contributed by atoms with Crippen LogP contribution >= 0.6 is 0 Å². The molecule has 2 nitrogen and oxygen atoms in total. The third kappa shape index (κ3) is 2.88. The molecule has 1 aromatic carbocycles. The van der Waals surface area contributed by atoms with Crippen LogP contribution in [0.3, 0.4) is 0 Å². The van der Waals surface area contributed by atoms with Gasteiger partial charge in [0.15, 0.2) is 0 Å². The molecule has 1 saturated carbocycles. The van der Waals surface area contributed by atoms with Crippen molar-refractivity contribution in [3.05, 3.63) is 65.7 Å². The summed E-state index contributed by atoms with van der Waals surface area (Å²) < 4.78 is 12.9. The molecule has 3 rings (SSSR count).